The van der Waals surface area contributed by atoms with Crippen molar-refractivity contribution in [2.45, 2.75) is 52.4 Å². The Morgan fingerprint density at radius 1 is 1.15 bits per heavy atom. The van der Waals surface area contributed by atoms with Gasteiger partial charge in [-0.25, -0.2) is 9.37 Å². The number of amides is 1. The van der Waals surface area contributed by atoms with E-state index in [2.05, 4.69) is 47.2 Å². The highest BCUT2D eigenvalue weighted by atomic mass is 19.1. The quantitative estimate of drug-likeness (QED) is 0.517. The minimum absolute atomic E-state index is 0.0734. The van der Waals surface area contributed by atoms with E-state index in [-0.39, 0.29) is 23.5 Å². The molecule has 1 N–H and O–H groups in total. The maximum absolute atomic E-state index is 13.4. The molecule has 33 heavy (non-hydrogen) atoms. The number of rotatable bonds is 9. The van der Waals surface area contributed by atoms with Crippen LogP contribution in [0.15, 0.2) is 53.1 Å². The zero-order chi connectivity index (χ0) is 23.2. The minimum Gasteiger partial charge on any atom is -0.447 e. The molecule has 1 saturated heterocycles. The summed E-state index contributed by atoms with van der Waals surface area (Å²) in [4.78, 5) is 19.0. The molecule has 7 heteroatoms. The second-order valence-corrected chi connectivity index (χ2v) is 8.67. The van der Waals surface area contributed by atoms with Gasteiger partial charge in [0.2, 0.25) is 5.89 Å². The standard InChI is InChI=1S/C26H30FN3O3/c1-18-5-8-21(19(2)12-18)15-30(14-20-6-9-22(27)10-7-20)16-25-29-24(17-33-25)26(31)28-13-23-4-3-11-32-23/h5-10,12,17,23H,3-4,11,13-16H2,1-2H3,(H,28,31)/t23-/m0/s1. The lowest BCUT2D eigenvalue weighted by atomic mass is 10.0. The fraction of sp³-hybridized carbons (Fsp3) is 0.385. The zero-order valence-corrected chi connectivity index (χ0v) is 19.1. The van der Waals surface area contributed by atoms with Crippen molar-refractivity contribution in [1.29, 1.82) is 0 Å². The predicted octanol–water partition coefficient (Wildman–Crippen LogP) is 4.54. The van der Waals surface area contributed by atoms with Crippen molar-refractivity contribution < 1.29 is 18.3 Å². The highest BCUT2D eigenvalue weighted by molar-refractivity contribution is 5.91. The van der Waals surface area contributed by atoms with Gasteiger partial charge in [0.1, 0.15) is 12.1 Å². The number of nitrogens with zero attached hydrogens (tertiary/aromatic N) is 2. The van der Waals surface area contributed by atoms with Crippen LogP contribution in [0.4, 0.5) is 4.39 Å². The van der Waals surface area contributed by atoms with Gasteiger partial charge in [-0.2, -0.15) is 0 Å². The molecule has 1 fully saturated rings. The van der Waals surface area contributed by atoms with Crippen LogP contribution in [0.25, 0.3) is 0 Å². The summed E-state index contributed by atoms with van der Waals surface area (Å²) in [5.74, 6) is -0.0601. The fourth-order valence-corrected chi connectivity index (χ4v) is 4.06. The van der Waals surface area contributed by atoms with Crippen LogP contribution < -0.4 is 5.32 Å². The van der Waals surface area contributed by atoms with Crippen molar-refractivity contribution >= 4 is 5.91 Å². The molecular formula is C26H30FN3O3. The average molecular weight is 452 g/mol. The second kappa shape index (κ2) is 10.7. The smallest absolute Gasteiger partial charge is 0.273 e. The van der Waals surface area contributed by atoms with E-state index in [1.54, 1.807) is 12.1 Å². The number of hydrogen-bond donors (Lipinski definition) is 1. The predicted molar refractivity (Wildman–Crippen MR) is 123 cm³/mol. The van der Waals surface area contributed by atoms with Crippen molar-refractivity contribution in [2.75, 3.05) is 13.2 Å². The van der Waals surface area contributed by atoms with Crippen LogP contribution in [0.2, 0.25) is 0 Å². The molecule has 0 aliphatic carbocycles. The van der Waals surface area contributed by atoms with Crippen molar-refractivity contribution in [2.24, 2.45) is 0 Å². The highest BCUT2D eigenvalue weighted by Gasteiger charge is 2.19. The molecule has 0 bridgehead atoms. The number of halogens is 1. The molecule has 1 aliphatic rings. The van der Waals surface area contributed by atoms with Gasteiger partial charge >= 0.3 is 0 Å². The summed E-state index contributed by atoms with van der Waals surface area (Å²) < 4.78 is 24.5. The lowest BCUT2D eigenvalue weighted by Gasteiger charge is -2.22. The molecule has 174 valence electrons. The van der Waals surface area contributed by atoms with Gasteiger partial charge in [0.05, 0.1) is 12.6 Å². The number of oxazole rings is 1. The Morgan fingerprint density at radius 3 is 2.70 bits per heavy atom. The second-order valence-electron chi connectivity index (χ2n) is 8.67. The fourth-order valence-electron chi connectivity index (χ4n) is 4.06. The Hall–Kier alpha value is -3.03. The number of nitrogens with one attached hydrogen (secondary N) is 1. The maximum atomic E-state index is 13.4. The van der Waals surface area contributed by atoms with Gasteiger partial charge in [0.15, 0.2) is 5.69 Å². The topological polar surface area (TPSA) is 67.6 Å². The van der Waals surface area contributed by atoms with Gasteiger partial charge in [0, 0.05) is 26.2 Å². The van der Waals surface area contributed by atoms with Gasteiger partial charge in [-0.15, -0.1) is 0 Å². The van der Waals surface area contributed by atoms with Gasteiger partial charge in [-0.05, 0) is 55.5 Å². The van der Waals surface area contributed by atoms with Crippen LogP contribution in [0.1, 0.15) is 51.5 Å². The third-order valence-corrected chi connectivity index (χ3v) is 5.87. The molecule has 1 atom stereocenters. The molecule has 0 radical (unpaired) electrons. The number of carbonyl (C=O) groups is 1. The number of ether oxygens (including phenoxy) is 1. The van der Waals surface area contributed by atoms with Crippen LogP contribution in [-0.2, 0) is 24.4 Å². The van der Waals surface area contributed by atoms with Gasteiger partial charge in [0.25, 0.3) is 5.91 Å². The van der Waals surface area contributed by atoms with Gasteiger partial charge in [-0.1, -0.05) is 35.9 Å². The summed E-state index contributed by atoms with van der Waals surface area (Å²) in [5.41, 5.74) is 4.87. The number of carbonyl (C=O) groups excluding carboxylic acids is 1. The molecule has 1 amide bonds. The van der Waals surface area contributed by atoms with Crippen LogP contribution >= 0.6 is 0 Å². The van der Waals surface area contributed by atoms with E-state index in [9.17, 15) is 9.18 Å². The van der Waals surface area contributed by atoms with E-state index in [0.717, 1.165) is 25.0 Å². The molecule has 2 aromatic carbocycles. The molecule has 6 nitrogen and oxygen atoms in total. The highest BCUT2D eigenvalue weighted by Crippen LogP contribution is 2.18. The first-order valence-corrected chi connectivity index (χ1v) is 11.3. The summed E-state index contributed by atoms with van der Waals surface area (Å²) in [5, 5.41) is 2.87. The van der Waals surface area contributed by atoms with Crippen LogP contribution in [0.3, 0.4) is 0 Å². The van der Waals surface area contributed by atoms with Crippen molar-refractivity contribution in [3.05, 3.63) is 88.4 Å². The molecule has 3 aromatic rings. The van der Waals surface area contributed by atoms with Crippen LogP contribution in [-0.4, -0.2) is 35.0 Å². The third kappa shape index (κ3) is 6.49. The number of benzene rings is 2. The summed E-state index contributed by atoms with van der Waals surface area (Å²) >= 11 is 0. The molecule has 1 aliphatic heterocycles. The normalized spacial score (nSPS) is 15.8. The van der Waals surface area contributed by atoms with Gasteiger partial charge < -0.3 is 14.5 Å². The molecule has 0 saturated carbocycles. The molecule has 2 heterocycles. The number of aryl methyl sites for hydroxylation is 2. The van der Waals surface area contributed by atoms with E-state index in [0.29, 0.717) is 32.1 Å². The Kier molecular flexibility index (Phi) is 7.52. The lowest BCUT2D eigenvalue weighted by Crippen LogP contribution is -2.32. The van der Waals surface area contributed by atoms with E-state index in [4.69, 9.17) is 9.15 Å². The van der Waals surface area contributed by atoms with Crippen LogP contribution in [0, 0.1) is 19.7 Å². The largest absolute Gasteiger partial charge is 0.447 e. The zero-order valence-electron chi connectivity index (χ0n) is 19.1. The van der Waals surface area contributed by atoms with E-state index >= 15 is 0 Å². The summed E-state index contributed by atoms with van der Waals surface area (Å²) in [6.07, 6.45) is 3.46. The monoisotopic (exact) mass is 451 g/mol. The van der Waals surface area contributed by atoms with E-state index < -0.39 is 0 Å². The SMILES string of the molecule is Cc1ccc(CN(Cc2ccc(F)cc2)Cc2nc(C(=O)NC[C@@H]3CCCO3)co2)c(C)c1. The molecule has 4 rings (SSSR count). The first kappa shape index (κ1) is 23.1. The van der Waals surface area contributed by atoms with Crippen LogP contribution in [0.5, 0.6) is 0 Å². The average Bonchev–Trinajstić information content (AvgIpc) is 3.48. The number of aromatic nitrogens is 1. The Balaban J connectivity index is 1.44. The van der Waals surface area contributed by atoms with Crippen molar-refractivity contribution in [1.82, 2.24) is 15.2 Å². The summed E-state index contributed by atoms with van der Waals surface area (Å²) in [7, 11) is 0. The Morgan fingerprint density at radius 2 is 1.97 bits per heavy atom. The first-order chi connectivity index (χ1) is 16.0. The summed E-state index contributed by atoms with van der Waals surface area (Å²) in [6.45, 7) is 7.08. The third-order valence-electron chi connectivity index (χ3n) is 5.87. The summed E-state index contributed by atoms with van der Waals surface area (Å²) in [6, 6.07) is 12.9. The minimum atomic E-state index is -0.264. The van der Waals surface area contributed by atoms with Gasteiger partial charge in [-0.3, -0.25) is 9.69 Å². The number of hydrogen-bond acceptors (Lipinski definition) is 5. The Labute approximate surface area is 193 Å². The van der Waals surface area contributed by atoms with Crippen molar-refractivity contribution in [3.63, 3.8) is 0 Å². The van der Waals surface area contributed by atoms with E-state index in [1.165, 1.54) is 35.1 Å². The molecule has 0 unspecified atom stereocenters. The molecule has 0 spiro atoms. The van der Waals surface area contributed by atoms with E-state index in [1.807, 2.05) is 0 Å². The first-order valence-electron chi connectivity index (χ1n) is 11.3. The molecular weight excluding hydrogens is 421 g/mol. The molecule has 1 aromatic heterocycles. The van der Waals surface area contributed by atoms with Crippen molar-refractivity contribution in [3.8, 4) is 0 Å². The maximum Gasteiger partial charge on any atom is 0.273 e. The lowest BCUT2D eigenvalue weighted by molar-refractivity contribution is 0.0853. The Bertz CT molecular complexity index is 1070.